The Balaban J connectivity index is 1.68. The van der Waals surface area contributed by atoms with E-state index in [4.69, 9.17) is 15.2 Å². The van der Waals surface area contributed by atoms with Crippen LogP contribution in [0.1, 0.15) is 75.6 Å². The first-order valence-corrected chi connectivity index (χ1v) is 14.4. The molecule has 0 bridgehead atoms. The smallest absolute Gasteiger partial charge is 0.405 e. The zero-order chi connectivity index (χ0) is 32.3. The molecule has 0 saturated heterocycles. The Morgan fingerprint density at radius 1 is 1.07 bits per heavy atom. The number of benzene rings is 2. The number of Topliss-reactive ketones (excluding diaryl/α,β-unsaturated/α-hetero) is 1. The molecule has 3 N–H and O–H groups in total. The van der Waals surface area contributed by atoms with Crippen LogP contribution in [0.2, 0.25) is 0 Å². The van der Waals surface area contributed by atoms with Crippen LogP contribution in [-0.4, -0.2) is 44.2 Å². The molecule has 0 aliphatic heterocycles. The van der Waals surface area contributed by atoms with Gasteiger partial charge in [-0.25, -0.2) is 14.2 Å². The molecule has 0 saturated carbocycles. The molecule has 1 aliphatic rings. The summed E-state index contributed by atoms with van der Waals surface area (Å²) in [4.78, 5) is 42.4. The molecule has 1 aliphatic carbocycles. The number of hydrogen-bond acceptors (Lipinski definition) is 6. The van der Waals surface area contributed by atoms with Gasteiger partial charge in [0.15, 0.2) is 11.5 Å². The number of hydrogen-bond donors (Lipinski definition) is 2. The standard InChI is InChI=1S/C34H39FN4O5/c1-22-37-15-16-39(22)25-14-10-13-24(17-25)27(40)19-30(41)38-29-18-26(23-11-8-7-9-12-23)28(43-32(2,3)4)20-34(29,35)21-33(5,6)44-31(36)42/h7-18H,19-21H2,1-6H3,(H2,36,42)(H,38,41). The molecule has 232 valence electrons. The Hall–Kier alpha value is -4.73. The summed E-state index contributed by atoms with van der Waals surface area (Å²) in [6.07, 6.45) is 2.81. The number of nitrogens with one attached hydrogen (secondary N) is 1. The van der Waals surface area contributed by atoms with Gasteiger partial charge in [-0.15, -0.1) is 0 Å². The van der Waals surface area contributed by atoms with Crippen molar-refractivity contribution in [1.29, 1.82) is 0 Å². The number of primary amides is 1. The largest absolute Gasteiger partial charge is 0.492 e. The summed E-state index contributed by atoms with van der Waals surface area (Å²) in [7, 11) is 0. The van der Waals surface area contributed by atoms with Gasteiger partial charge in [0.25, 0.3) is 0 Å². The fourth-order valence-corrected chi connectivity index (χ4v) is 5.33. The Kier molecular flexibility index (Phi) is 9.13. The minimum Gasteiger partial charge on any atom is -0.492 e. The third kappa shape index (κ3) is 8.00. The van der Waals surface area contributed by atoms with Crippen LogP contribution < -0.4 is 11.1 Å². The number of ether oxygens (including phenoxy) is 2. The van der Waals surface area contributed by atoms with Gasteiger partial charge in [0, 0.05) is 42.1 Å². The first-order valence-electron chi connectivity index (χ1n) is 14.4. The number of ketones is 1. The van der Waals surface area contributed by atoms with Gasteiger partial charge >= 0.3 is 6.09 Å². The Bertz CT molecular complexity index is 1620. The molecule has 0 fully saturated rings. The van der Waals surface area contributed by atoms with Gasteiger partial charge < -0.3 is 25.1 Å². The van der Waals surface area contributed by atoms with Crippen LogP contribution in [0, 0.1) is 6.92 Å². The van der Waals surface area contributed by atoms with Crippen molar-refractivity contribution in [1.82, 2.24) is 14.9 Å². The maximum Gasteiger partial charge on any atom is 0.405 e. The molecule has 0 spiro atoms. The van der Waals surface area contributed by atoms with Crippen molar-refractivity contribution < 1.29 is 28.2 Å². The fourth-order valence-electron chi connectivity index (χ4n) is 5.33. The molecular formula is C34H39FN4O5. The lowest BCUT2D eigenvalue weighted by atomic mass is 9.79. The maximum absolute atomic E-state index is 17.2. The first kappa shape index (κ1) is 32.2. The zero-order valence-corrected chi connectivity index (χ0v) is 25.9. The zero-order valence-electron chi connectivity index (χ0n) is 25.9. The van der Waals surface area contributed by atoms with Gasteiger partial charge in [-0.05, 0) is 65.3 Å². The van der Waals surface area contributed by atoms with E-state index < -0.39 is 41.1 Å². The number of rotatable bonds is 10. The number of carbonyl (C=O) groups excluding carboxylic acids is 3. The monoisotopic (exact) mass is 602 g/mol. The number of imidazole rings is 1. The summed E-state index contributed by atoms with van der Waals surface area (Å²) < 4.78 is 30.5. The van der Waals surface area contributed by atoms with Gasteiger partial charge in [-0.1, -0.05) is 42.5 Å². The molecule has 44 heavy (non-hydrogen) atoms. The van der Waals surface area contributed by atoms with Crippen molar-refractivity contribution in [3.8, 4) is 5.69 Å². The normalized spacial score (nSPS) is 17.1. The third-order valence-corrected chi connectivity index (χ3v) is 6.98. The molecule has 4 rings (SSSR count). The van der Waals surface area contributed by atoms with E-state index in [9.17, 15) is 14.4 Å². The Morgan fingerprint density at radius 2 is 1.77 bits per heavy atom. The number of carbonyl (C=O) groups is 3. The summed E-state index contributed by atoms with van der Waals surface area (Å²) in [5, 5.41) is 2.67. The van der Waals surface area contributed by atoms with E-state index >= 15 is 4.39 Å². The minimum atomic E-state index is -2.24. The van der Waals surface area contributed by atoms with Gasteiger partial charge in [-0.2, -0.15) is 0 Å². The van der Waals surface area contributed by atoms with Crippen LogP contribution in [0.5, 0.6) is 0 Å². The Labute approximate surface area is 257 Å². The summed E-state index contributed by atoms with van der Waals surface area (Å²) in [5.74, 6) is 0.00243. The van der Waals surface area contributed by atoms with Crippen LogP contribution in [0.4, 0.5) is 9.18 Å². The lowest BCUT2D eigenvalue weighted by molar-refractivity contribution is -0.120. The van der Waals surface area contributed by atoms with E-state index in [1.807, 2.05) is 68.7 Å². The summed E-state index contributed by atoms with van der Waals surface area (Å²) in [5.41, 5.74) is 3.38. The van der Waals surface area contributed by atoms with E-state index in [1.54, 1.807) is 30.6 Å². The molecule has 0 radical (unpaired) electrons. The molecule has 1 unspecified atom stereocenters. The lowest BCUT2D eigenvalue weighted by Crippen LogP contribution is -2.46. The van der Waals surface area contributed by atoms with E-state index in [1.165, 1.54) is 19.9 Å². The SMILES string of the molecule is Cc1nccn1-c1cccc(C(=O)CC(=O)NC2=CC(c3ccccc3)=C(OC(C)(C)C)CC2(F)CC(C)(C)OC(N)=O)c1. The summed E-state index contributed by atoms with van der Waals surface area (Å²) in [6.45, 7) is 10.5. The molecule has 2 aromatic carbocycles. The highest BCUT2D eigenvalue weighted by Gasteiger charge is 2.46. The summed E-state index contributed by atoms with van der Waals surface area (Å²) in [6, 6.07) is 16.2. The van der Waals surface area contributed by atoms with Crippen LogP contribution in [-0.2, 0) is 14.3 Å². The maximum atomic E-state index is 17.2. The quantitative estimate of drug-likeness (QED) is 0.206. The van der Waals surface area contributed by atoms with Gasteiger partial charge in [-0.3, -0.25) is 9.59 Å². The second-order valence-corrected chi connectivity index (χ2v) is 12.5. The molecule has 3 aromatic rings. The predicted octanol–water partition coefficient (Wildman–Crippen LogP) is 6.36. The third-order valence-electron chi connectivity index (χ3n) is 6.98. The fraction of sp³-hybridized carbons (Fsp3) is 0.353. The summed E-state index contributed by atoms with van der Waals surface area (Å²) >= 11 is 0. The van der Waals surface area contributed by atoms with Crippen molar-refractivity contribution in [3.63, 3.8) is 0 Å². The second-order valence-electron chi connectivity index (χ2n) is 12.5. The van der Waals surface area contributed by atoms with Crippen molar-refractivity contribution in [2.45, 2.75) is 77.7 Å². The van der Waals surface area contributed by atoms with E-state index in [0.29, 0.717) is 16.9 Å². The number of halogens is 1. The molecule has 10 heteroatoms. The molecule has 1 atom stereocenters. The van der Waals surface area contributed by atoms with Gasteiger partial charge in [0.2, 0.25) is 5.91 Å². The van der Waals surface area contributed by atoms with Crippen LogP contribution in [0.25, 0.3) is 11.3 Å². The number of allylic oxidation sites excluding steroid dienone is 4. The van der Waals surface area contributed by atoms with E-state index in [-0.39, 0.29) is 18.5 Å². The van der Waals surface area contributed by atoms with Crippen molar-refractivity contribution in [2.24, 2.45) is 5.73 Å². The van der Waals surface area contributed by atoms with Gasteiger partial charge in [0.1, 0.15) is 22.8 Å². The molecular weight excluding hydrogens is 563 g/mol. The van der Waals surface area contributed by atoms with Crippen molar-refractivity contribution in [2.75, 3.05) is 0 Å². The topological polar surface area (TPSA) is 126 Å². The Morgan fingerprint density at radius 3 is 2.39 bits per heavy atom. The molecule has 2 amide bonds. The van der Waals surface area contributed by atoms with Crippen molar-refractivity contribution >= 4 is 23.4 Å². The number of aryl methyl sites for hydroxylation is 1. The average molecular weight is 603 g/mol. The van der Waals surface area contributed by atoms with Crippen molar-refractivity contribution in [3.05, 3.63) is 101 Å². The number of alkyl halides is 1. The predicted molar refractivity (Wildman–Crippen MR) is 165 cm³/mol. The number of aromatic nitrogens is 2. The first-order chi connectivity index (χ1) is 20.6. The molecule has 1 aromatic heterocycles. The van der Waals surface area contributed by atoms with E-state index in [0.717, 1.165) is 17.1 Å². The molecule has 9 nitrogen and oxygen atoms in total. The highest BCUT2D eigenvalue weighted by atomic mass is 19.1. The van der Waals surface area contributed by atoms with Crippen LogP contribution in [0.3, 0.4) is 0 Å². The minimum absolute atomic E-state index is 0.0700. The molecule has 1 heterocycles. The average Bonchev–Trinajstić information content (AvgIpc) is 3.34. The number of nitrogens with zero attached hydrogens (tertiary/aromatic N) is 2. The number of amides is 2. The van der Waals surface area contributed by atoms with E-state index in [2.05, 4.69) is 10.3 Å². The lowest BCUT2D eigenvalue weighted by Gasteiger charge is -2.39. The highest BCUT2D eigenvalue weighted by Crippen LogP contribution is 2.45. The van der Waals surface area contributed by atoms with Crippen LogP contribution >= 0.6 is 0 Å². The van der Waals surface area contributed by atoms with Gasteiger partial charge in [0.05, 0.1) is 12.1 Å². The highest BCUT2D eigenvalue weighted by molar-refractivity contribution is 6.08. The van der Waals surface area contributed by atoms with Crippen LogP contribution in [0.15, 0.2) is 84.5 Å². The second kappa shape index (κ2) is 12.5. The number of nitrogens with two attached hydrogens (primary N) is 1.